The molecule has 2 atom stereocenters. The lowest BCUT2D eigenvalue weighted by Gasteiger charge is -2.25. The van der Waals surface area contributed by atoms with Crippen LogP contribution in [0.25, 0.3) is 0 Å². The highest BCUT2D eigenvalue weighted by Crippen LogP contribution is 2.18. The highest BCUT2D eigenvalue weighted by Gasteiger charge is 2.25. The summed E-state index contributed by atoms with van der Waals surface area (Å²) in [6.07, 6.45) is 102. The van der Waals surface area contributed by atoms with Gasteiger partial charge in [0, 0.05) is 12.8 Å². The molecule has 0 aliphatic heterocycles. The number of quaternary nitrogens is 1. The van der Waals surface area contributed by atoms with Crippen molar-refractivity contribution >= 4 is 17.9 Å². The van der Waals surface area contributed by atoms with Gasteiger partial charge in [0.1, 0.15) is 13.2 Å². The monoisotopic (exact) mass is 1300 g/mol. The van der Waals surface area contributed by atoms with Gasteiger partial charge in [-0.05, 0) is 109 Å². The SMILES string of the molecule is CC/C=C\C/C=C\C/C=C\C/C=C\C/C=C\C/C=C\C/C=C\CCCCCCCCCCCC(=O)OC(COC(=O)CCCCCCCCCCCCCCCCCCCCCCCC/C=C\C/C=C\C/C=C\CCCCCCC)COC(OCC[N+](C)(C)C)C(=O)O. The number of aliphatic carboxylic acids is 1. The number of nitrogens with zero attached hydrogens (tertiary/aromatic N) is 1. The van der Waals surface area contributed by atoms with Crippen molar-refractivity contribution in [2.45, 2.75) is 347 Å². The molecule has 0 saturated carbocycles. The van der Waals surface area contributed by atoms with E-state index in [0.29, 0.717) is 23.9 Å². The number of hydrogen-bond acceptors (Lipinski definition) is 7. The maximum Gasteiger partial charge on any atom is 0.361 e. The summed E-state index contributed by atoms with van der Waals surface area (Å²) in [7, 11) is 5.98. The van der Waals surface area contributed by atoms with Gasteiger partial charge in [-0.3, -0.25) is 9.59 Å². The van der Waals surface area contributed by atoms with Gasteiger partial charge in [0.2, 0.25) is 0 Å². The molecule has 0 aliphatic rings. The molecule has 0 saturated heterocycles. The molecule has 2 unspecified atom stereocenters. The van der Waals surface area contributed by atoms with Gasteiger partial charge < -0.3 is 28.5 Å². The molecule has 0 aliphatic carbocycles. The third-order valence-corrected chi connectivity index (χ3v) is 16.7. The van der Waals surface area contributed by atoms with E-state index in [0.717, 1.165) is 103 Å². The molecule has 0 aromatic rings. The normalized spacial score (nSPS) is 13.3. The molecule has 0 fully saturated rings. The number of carbonyl (C=O) groups is 3. The fourth-order valence-electron chi connectivity index (χ4n) is 10.8. The summed E-state index contributed by atoms with van der Waals surface area (Å²) in [5, 5.41) is 9.77. The van der Waals surface area contributed by atoms with Crippen molar-refractivity contribution in [2.24, 2.45) is 0 Å². The lowest BCUT2D eigenvalue weighted by molar-refractivity contribution is -0.870. The minimum atomic E-state index is -1.52. The smallest absolute Gasteiger partial charge is 0.361 e. The summed E-state index contributed by atoms with van der Waals surface area (Å²) in [6.45, 7) is 4.77. The summed E-state index contributed by atoms with van der Waals surface area (Å²) in [6, 6.07) is 0. The molecule has 93 heavy (non-hydrogen) atoms. The van der Waals surface area contributed by atoms with Crippen LogP contribution in [0.3, 0.4) is 0 Å². The minimum Gasteiger partial charge on any atom is -0.477 e. The number of likely N-dealkylation sites (N-methyl/N-ethyl adjacent to an activating group) is 1. The minimum absolute atomic E-state index is 0.182. The quantitative estimate of drug-likeness (QED) is 0.0211. The average molecular weight is 1300 g/mol. The molecular formula is C84H146NO8+. The van der Waals surface area contributed by atoms with Crippen molar-refractivity contribution in [3.63, 3.8) is 0 Å². The first-order valence-electron chi connectivity index (χ1n) is 38.7. The maximum absolute atomic E-state index is 13.0. The molecule has 0 rings (SSSR count). The molecule has 0 heterocycles. The second-order valence-electron chi connectivity index (χ2n) is 26.9. The zero-order valence-corrected chi connectivity index (χ0v) is 61.1. The van der Waals surface area contributed by atoms with Crippen molar-refractivity contribution in [1.29, 1.82) is 0 Å². The fraction of sp³-hybridized carbons (Fsp3) is 0.726. The van der Waals surface area contributed by atoms with Gasteiger partial charge in [0.25, 0.3) is 6.29 Å². The van der Waals surface area contributed by atoms with Crippen molar-refractivity contribution in [3.05, 3.63) is 122 Å². The van der Waals surface area contributed by atoms with Crippen LogP contribution in [0.1, 0.15) is 335 Å². The van der Waals surface area contributed by atoms with Crippen LogP contribution >= 0.6 is 0 Å². The van der Waals surface area contributed by atoms with Crippen LogP contribution in [0.5, 0.6) is 0 Å². The zero-order valence-electron chi connectivity index (χ0n) is 61.1. The molecule has 0 radical (unpaired) electrons. The Bertz CT molecular complexity index is 1950. The van der Waals surface area contributed by atoms with E-state index in [1.54, 1.807) is 0 Å². The van der Waals surface area contributed by atoms with Gasteiger partial charge in [0.15, 0.2) is 6.10 Å². The van der Waals surface area contributed by atoms with Gasteiger partial charge >= 0.3 is 17.9 Å². The van der Waals surface area contributed by atoms with E-state index in [9.17, 15) is 19.5 Å². The molecule has 0 amide bonds. The zero-order chi connectivity index (χ0) is 67.5. The number of esters is 2. The standard InChI is InChI=1S/C84H145NO8/c1-6-8-10-12-14-16-18-20-22-24-26-28-30-32-34-36-38-39-40-41-42-43-45-46-48-50-52-54-56-58-60-62-64-66-68-70-72-74-81(86)91-78-80(79-92-84(83(88)89)90-77-76-85(3,4)5)93-82(87)75-73-71-69-67-65-63-61-59-57-55-53-51-49-47-44-37-35-33-31-29-27-25-23-21-19-17-15-13-11-9-7-2/h9,11,15,17-18,20-21,23-24,26-27,29-30,32-33,35,44,47,51,53,80,84H,6-8,10,12-14,16,19,22,25,28,31,34,36-43,45-46,48-50,52,54-79H2,1-5H3/p+1/b11-9-,17-15-,20-18-,23-21-,26-24-,29-27-,32-30-,35-33-,47-44-,53-51-. The van der Waals surface area contributed by atoms with Crippen LogP contribution in [0.2, 0.25) is 0 Å². The first-order valence-corrected chi connectivity index (χ1v) is 38.7. The van der Waals surface area contributed by atoms with Crippen LogP contribution in [0, 0.1) is 0 Å². The van der Waals surface area contributed by atoms with Gasteiger partial charge in [0.05, 0.1) is 34.4 Å². The fourth-order valence-corrected chi connectivity index (χ4v) is 10.8. The number of allylic oxidation sites excluding steroid dienone is 20. The summed E-state index contributed by atoms with van der Waals surface area (Å²) in [5.74, 6) is -2.01. The van der Waals surface area contributed by atoms with Crippen LogP contribution in [0.4, 0.5) is 0 Å². The Kier molecular flexibility index (Phi) is 70.1. The van der Waals surface area contributed by atoms with Gasteiger partial charge in [-0.25, -0.2) is 4.79 Å². The predicted molar refractivity (Wildman–Crippen MR) is 401 cm³/mol. The summed E-state index contributed by atoms with van der Waals surface area (Å²) < 4.78 is 23.0. The third-order valence-electron chi connectivity index (χ3n) is 16.7. The number of hydrogen-bond donors (Lipinski definition) is 1. The van der Waals surface area contributed by atoms with Crippen LogP contribution < -0.4 is 0 Å². The van der Waals surface area contributed by atoms with E-state index < -0.39 is 24.3 Å². The van der Waals surface area contributed by atoms with Crippen LogP contribution in [-0.2, 0) is 33.3 Å². The van der Waals surface area contributed by atoms with Crippen molar-refractivity contribution in [1.82, 2.24) is 0 Å². The van der Waals surface area contributed by atoms with Gasteiger partial charge in [-0.1, -0.05) is 334 Å². The van der Waals surface area contributed by atoms with Crippen LogP contribution in [0.15, 0.2) is 122 Å². The number of rotatable bonds is 71. The molecule has 0 bridgehead atoms. The van der Waals surface area contributed by atoms with E-state index in [2.05, 4.69) is 135 Å². The first-order chi connectivity index (χ1) is 45.6. The molecular weight excluding hydrogens is 1150 g/mol. The Balaban J connectivity index is 4.06. The Hall–Kier alpha value is -4.31. The largest absolute Gasteiger partial charge is 0.477 e. The van der Waals surface area contributed by atoms with Crippen molar-refractivity contribution in [3.8, 4) is 0 Å². The van der Waals surface area contributed by atoms with E-state index in [1.807, 2.05) is 21.1 Å². The average Bonchev–Trinajstić information content (AvgIpc) is 3.38. The molecule has 0 spiro atoms. The summed E-state index contributed by atoms with van der Waals surface area (Å²) in [5.41, 5.74) is 0. The van der Waals surface area contributed by atoms with Crippen molar-refractivity contribution in [2.75, 3.05) is 47.5 Å². The number of unbranched alkanes of at least 4 members (excludes halogenated alkanes) is 36. The maximum atomic E-state index is 13.0. The highest BCUT2D eigenvalue weighted by molar-refractivity contribution is 5.71. The molecule has 1 N–H and O–H groups in total. The van der Waals surface area contributed by atoms with Crippen LogP contribution in [-0.4, -0.2) is 87.4 Å². The molecule has 0 aromatic heterocycles. The lowest BCUT2D eigenvalue weighted by atomic mass is 10.0. The van der Waals surface area contributed by atoms with Gasteiger partial charge in [-0.15, -0.1) is 0 Å². The summed E-state index contributed by atoms with van der Waals surface area (Å²) in [4.78, 5) is 37.7. The van der Waals surface area contributed by atoms with E-state index in [4.69, 9.17) is 18.9 Å². The Morgan fingerprint density at radius 3 is 0.914 bits per heavy atom. The Morgan fingerprint density at radius 2 is 0.613 bits per heavy atom. The Labute approximate surface area is 574 Å². The number of ether oxygens (including phenoxy) is 4. The molecule has 9 heteroatoms. The number of carboxylic acids is 1. The number of carboxylic acid groups (broad SMARTS) is 1. The predicted octanol–water partition coefficient (Wildman–Crippen LogP) is 24.7. The highest BCUT2D eigenvalue weighted by atomic mass is 16.7. The van der Waals surface area contributed by atoms with Gasteiger partial charge in [-0.2, -0.15) is 0 Å². The third kappa shape index (κ3) is 74.9. The van der Waals surface area contributed by atoms with E-state index in [-0.39, 0.29) is 32.2 Å². The van der Waals surface area contributed by atoms with E-state index in [1.165, 1.54) is 199 Å². The molecule has 534 valence electrons. The molecule has 0 aromatic carbocycles. The first kappa shape index (κ1) is 88.7. The lowest BCUT2D eigenvalue weighted by Crippen LogP contribution is -2.40. The number of carbonyl (C=O) groups excluding carboxylic acids is 2. The topological polar surface area (TPSA) is 108 Å². The summed E-state index contributed by atoms with van der Waals surface area (Å²) >= 11 is 0. The second-order valence-corrected chi connectivity index (χ2v) is 26.9. The second kappa shape index (κ2) is 73.5. The Morgan fingerprint density at radius 1 is 0.333 bits per heavy atom. The van der Waals surface area contributed by atoms with Crippen molar-refractivity contribution < 1.29 is 42.9 Å². The van der Waals surface area contributed by atoms with E-state index >= 15 is 0 Å². The molecule has 9 nitrogen and oxygen atoms in total.